The van der Waals surface area contributed by atoms with Gasteiger partial charge in [-0.05, 0) is 33.3 Å². The molecule has 0 bridgehead atoms. The van der Waals surface area contributed by atoms with Crippen molar-refractivity contribution in [3.63, 3.8) is 0 Å². The maximum absolute atomic E-state index is 6.01. The number of morpholine rings is 1. The molecule has 2 aliphatic rings. The quantitative estimate of drug-likeness (QED) is 0.789. The summed E-state index contributed by atoms with van der Waals surface area (Å²) >= 11 is 0. The molecule has 1 aromatic rings. The first-order chi connectivity index (χ1) is 10.4. The third-order valence-corrected chi connectivity index (χ3v) is 4.69. The molecule has 0 N–H and O–H groups in total. The molecule has 2 aliphatic heterocycles. The number of rotatable bonds is 3. The van der Waals surface area contributed by atoms with E-state index in [2.05, 4.69) is 42.6 Å². The van der Waals surface area contributed by atoms with Gasteiger partial charge in [0.2, 0.25) is 5.95 Å². The van der Waals surface area contributed by atoms with Gasteiger partial charge >= 0.3 is 7.12 Å². The molecular weight excluding hydrogens is 281 g/mol. The second kappa shape index (κ2) is 5.79. The van der Waals surface area contributed by atoms with Gasteiger partial charge < -0.3 is 18.9 Å². The Labute approximate surface area is 132 Å². The lowest BCUT2D eigenvalue weighted by Crippen LogP contribution is -2.41. The van der Waals surface area contributed by atoms with Gasteiger partial charge in [0.1, 0.15) is 0 Å². The standard InChI is InChI=1S/C15H24BN3O3/c1-14(2)15(3,4)22-16(21-14)9-12-10-17-13(18-11-12)19-5-7-20-8-6-19/h10-11H,5-9H2,1-4H3. The number of hydrogen-bond acceptors (Lipinski definition) is 6. The van der Waals surface area contributed by atoms with Crippen LogP contribution in [-0.4, -0.2) is 54.6 Å². The van der Waals surface area contributed by atoms with Crippen LogP contribution < -0.4 is 4.90 Å². The Morgan fingerprint density at radius 2 is 1.59 bits per heavy atom. The van der Waals surface area contributed by atoms with Crippen molar-refractivity contribution in [3.05, 3.63) is 18.0 Å². The van der Waals surface area contributed by atoms with Gasteiger partial charge in [-0.15, -0.1) is 0 Å². The summed E-state index contributed by atoms with van der Waals surface area (Å²) in [5.41, 5.74) is 0.425. The molecule has 6 nitrogen and oxygen atoms in total. The van der Waals surface area contributed by atoms with Crippen molar-refractivity contribution in [2.24, 2.45) is 0 Å². The van der Waals surface area contributed by atoms with Crippen LogP contribution >= 0.6 is 0 Å². The first-order valence-corrected chi connectivity index (χ1v) is 7.87. The fourth-order valence-electron chi connectivity index (χ4n) is 2.62. The van der Waals surface area contributed by atoms with Crippen molar-refractivity contribution in [3.8, 4) is 0 Å². The van der Waals surface area contributed by atoms with E-state index in [1.54, 1.807) is 0 Å². The number of nitrogens with zero attached hydrogens (tertiary/aromatic N) is 3. The summed E-state index contributed by atoms with van der Waals surface area (Å²) in [4.78, 5) is 11.1. The normalized spacial score (nSPS) is 23.8. The molecule has 0 amide bonds. The Balaban J connectivity index is 1.62. The van der Waals surface area contributed by atoms with E-state index in [4.69, 9.17) is 14.0 Å². The van der Waals surface area contributed by atoms with Gasteiger partial charge in [0.25, 0.3) is 0 Å². The largest absolute Gasteiger partial charge is 0.462 e. The van der Waals surface area contributed by atoms with Crippen LogP contribution in [0.5, 0.6) is 0 Å². The monoisotopic (exact) mass is 305 g/mol. The lowest BCUT2D eigenvalue weighted by molar-refractivity contribution is 0.00578. The van der Waals surface area contributed by atoms with Crippen molar-refractivity contribution in [1.29, 1.82) is 0 Å². The average Bonchev–Trinajstić information content (AvgIpc) is 2.68. The van der Waals surface area contributed by atoms with Crippen LogP contribution in [0.3, 0.4) is 0 Å². The molecule has 7 heteroatoms. The summed E-state index contributed by atoms with van der Waals surface area (Å²) in [7, 11) is -0.247. The maximum Gasteiger partial charge on any atom is 0.462 e. The number of ether oxygens (including phenoxy) is 1. The molecule has 3 heterocycles. The van der Waals surface area contributed by atoms with Crippen LogP contribution in [0.1, 0.15) is 33.3 Å². The summed E-state index contributed by atoms with van der Waals surface area (Å²) in [6.45, 7) is 11.4. The van der Waals surface area contributed by atoms with Gasteiger partial charge in [-0.2, -0.15) is 0 Å². The third kappa shape index (κ3) is 3.11. The predicted molar refractivity (Wildman–Crippen MR) is 84.9 cm³/mol. The number of anilines is 1. The van der Waals surface area contributed by atoms with Gasteiger partial charge in [-0.1, -0.05) is 0 Å². The summed E-state index contributed by atoms with van der Waals surface area (Å²) in [6, 6.07) is 0. The summed E-state index contributed by atoms with van der Waals surface area (Å²) in [6.07, 6.45) is 4.39. The molecule has 0 saturated carbocycles. The van der Waals surface area contributed by atoms with Gasteiger partial charge in [-0.25, -0.2) is 9.97 Å². The SMILES string of the molecule is CC1(C)OB(Cc2cnc(N3CCOCC3)nc2)OC1(C)C. The molecule has 0 unspecified atom stereocenters. The van der Waals surface area contributed by atoms with Crippen LogP contribution in [0.4, 0.5) is 5.95 Å². The summed E-state index contributed by atoms with van der Waals surface area (Å²) in [5, 5.41) is 0. The predicted octanol–water partition coefficient (Wildman–Crippen LogP) is 1.49. The molecule has 2 saturated heterocycles. The highest BCUT2D eigenvalue weighted by molar-refractivity contribution is 6.45. The molecule has 3 rings (SSSR count). The molecule has 120 valence electrons. The second-order valence-corrected chi connectivity index (χ2v) is 6.88. The zero-order valence-corrected chi connectivity index (χ0v) is 13.8. The highest BCUT2D eigenvalue weighted by Crippen LogP contribution is 2.37. The van der Waals surface area contributed by atoms with Gasteiger partial charge in [0.15, 0.2) is 0 Å². The smallest absolute Gasteiger partial charge is 0.403 e. The van der Waals surface area contributed by atoms with E-state index in [1.807, 2.05) is 12.4 Å². The van der Waals surface area contributed by atoms with Gasteiger partial charge in [0, 0.05) is 31.8 Å². The van der Waals surface area contributed by atoms with Crippen molar-refractivity contribution in [2.45, 2.75) is 45.2 Å². The average molecular weight is 305 g/mol. The van der Waals surface area contributed by atoms with E-state index in [0.29, 0.717) is 6.32 Å². The summed E-state index contributed by atoms with van der Waals surface area (Å²) in [5.74, 6) is 0.765. The molecule has 1 aromatic heterocycles. The Bertz CT molecular complexity index is 499. The van der Waals surface area contributed by atoms with Crippen LogP contribution in [-0.2, 0) is 20.4 Å². The zero-order valence-electron chi connectivity index (χ0n) is 13.8. The first kappa shape index (κ1) is 15.7. The number of hydrogen-bond donors (Lipinski definition) is 0. The minimum absolute atomic E-state index is 0.247. The highest BCUT2D eigenvalue weighted by Gasteiger charge is 2.50. The van der Waals surface area contributed by atoms with Crippen molar-refractivity contribution >= 4 is 13.1 Å². The van der Waals surface area contributed by atoms with Gasteiger partial charge in [0.05, 0.1) is 24.4 Å². The van der Waals surface area contributed by atoms with Crippen LogP contribution in [0.2, 0.25) is 0 Å². The fraction of sp³-hybridized carbons (Fsp3) is 0.733. The van der Waals surface area contributed by atoms with E-state index < -0.39 is 0 Å². The minimum atomic E-state index is -0.299. The lowest BCUT2D eigenvalue weighted by atomic mass is 9.82. The van der Waals surface area contributed by atoms with Crippen LogP contribution in [0.15, 0.2) is 12.4 Å². The van der Waals surface area contributed by atoms with E-state index in [9.17, 15) is 0 Å². The van der Waals surface area contributed by atoms with Crippen molar-refractivity contribution in [2.75, 3.05) is 31.2 Å². The fourth-order valence-corrected chi connectivity index (χ4v) is 2.62. The molecule has 0 aliphatic carbocycles. The first-order valence-electron chi connectivity index (χ1n) is 7.87. The second-order valence-electron chi connectivity index (χ2n) is 6.88. The topological polar surface area (TPSA) is 56.7 Å². The molecule has 2 fully saturated rings. The van der Waals surface area contributed by atoms with Crippen LogP contribution in [0.25, 0.3) is 0 Å². The third-order valence-electron chi connectivity index (χ3n) is 4.69. The molecule has 22 heavy (non-hydrogen) atoms. The zero-order chi connectivity index (χ0) is 15.8. The lowest BCUT2D eigenvalue weighted by Gasteiger charge is -2.32. The summed E-state index contributed by atoms with van der Waals surface area (Å²) < 4.78 is 17.4. The van der Waals surface area contributed by atoms with Gasteiger partial charge in [-0.3, -0.25) is 0 Å². The number of aromatic nitrogens is 2. The van der Waals surface area contributed by atoms with E-state index in [0.717, 1.165) is 37.8 Å². The van der Waals surface area contributed by atoms with Crippen LogP contribution in [0, 0.1) is 0 Å². The Hall–Kier alpha value is -1.18. The van der Waals surface area contributed by atoms with E-state index in [-0.39, 0.29) is 18.3 Å². The van der Waals surface area contributed by atoms with E-state index in [1.165, 1.54) is 0 Å². The molecule has 0 aromatic carbocycles. The minimum Gasteiger partial charge on any atom is -0.403 e. The Morgan fingerprint density at radius 3 is 2.14 bits per heavy atom. The van der Waals surface area contributed by atoms with E-state index >= 15 is 0 Å². The molecule has 0 spiro atoms. The molecule has 0 radical (unpaired) electrons. The van der Waals surface area contributed by atoms with Crippen molar-refractivity contribution < 1.29 is 14.0 Å². The molecule has 0 atom stereocenters. The molecular formula is C15H24BN3O3. The van der Waals surface area contributed by atoms with Crippen molar-refractivity contribution in [1.82, 2.24) is 9.97 Å². The Morgan fingerprint density at radius 1 is 1.05 bits per heavy atom. The Kier molecular flexibility index (Phi) is 4.14. The maximum atomic E-state index is 6.01. The highest BCUT2D eigenvalue weighted by atomic mass is 16.7.